The number of hydrogen-bond acceptors (Lipinski definition) is 5. The maximum absolute atomic E-state index is 14.2. The zero-order valence-electron chi connectivity index (χ0n) is 21.9. The summed E-state index contributed by atoms with van der Waals surface area (Å²) in [5.41, 5.74) is -2.32. The molecular weight excluding hydrogens is 544 g/mol. The summed E-state index contributed by atoms with van der Waals surface area (Å²) in [5.74, 6) is -2.72. The molecule has 3 heterocycles. The molecule has 14 heteroatoms. The number of carbonyl (C=O) groups is 2. The van der Waals surface area contributed by atoms with E-state index in [2.05, 4.69) is 5.32 Å². The van der Waals surface area contributed by atoms with Crippen molar-refractivity contribution in [3.8, 4) is 0 Å². The Morgan fingerprint density at radius 1 is 1.13 bits per heavy atom. The molecule has 2 amide bonds. The molecule has 218 valence electrons. The lowest BCUT2D eigenvalue weighted by Gasteiger charge is -2.49. The molecule has 39 heavy (non-hydrogen) atoms. The summed E-state index contributed by atoms with van der Waals surface area (Å²) >= 11 is 0. The number of nitrogens with one attached hydrogen (secondary N) is 1. The molecule has 1 aromatic carbocycles. The quantitative estimate of drug-likeness (QED) is 0.482. The number of rotatable bonds is 7. The molecule has 3 fully saturated rings. The molecule has 2 N–H and O–H groups in total. The molecule has 2 atom stereocenters. The summed E-state index contributed by atoms with van der Waals surface area (Å²) in [5, 5.41) is 13.0. The van der Waals surface area contributed by atoms with Crippen molar-refractivity contribution in [1.29, 1.82) is 0 Å². The van der Waals surface area contributed by atoms with E-state index in [4.69, 9.17) is 0 Å². The summed E-state index contributed by atoms with van der Waals surface area (Å²) in [6, 6.07) is 1.24. The average molecular weight is 579 g/mol. The Morgan fingerprint density at radius 2 is 1.79 bits per heavy atom. The van der Waals surface area contributed by atoms with Gasteiger partial charge < -0.3 is 15.3 Å². The molecule has 3 aliphatic heterocycles. The van der Waals surface area contributed by atoms with Crippen molar-refractivity contribution in [2.24, 2.45) is 11.8 Å². The Labute approximate surface area is 225 Å². The van der Waals surface area contributed by atoms with E-state index < -0.39 is 51.2 Å². The third kappa shape index (κ3) is 6.08. The third-order valence-electron chi connectivity index (χ3n) is 8.03. The van der Waals surface area contributed by atoms with Gasteiger partial charge in [0.2, 0.25) is 11.8 Å². The number of hydrogen-bond donors (Lipinski definition) is 2. The second-order valence-corrected chi connectivity index (χ2v) is 12.9. The van der Waals surface area contributed by atoms with Gasteiger partial charge in [0.15, 0.2) is 0 Å². The Morgan fingerprint density at radius 3 is 2.41 bits per heavy atom. The summed E-state index contributed by atoms with van der Waals surface area (Å²) < 4.78 is 81.2. The molecule has 0 bridgehead atoms. The highest BCUT2D eigenvalue weighted by molar-refractivity contribution is 7.86. The maximum Gasteiger partial charge on any atom is 0.416 e. The highest BCUT2D eigenvalue weighted by Gasteiger charge is 2.51. The molecule has 9 nitrogen and oxygen atoms in total. The average Bonchev–Trinajstić information content (AvgIpc) is 3.34. The molecule has 4 rings (SSSR count). The first-order valence-corrected chi connectivity index (χ1v) is 14.4. The SMILES string of the molecule is CC(C)C1(O)CN(S(=O)(=O)N2CCCC(C(=O)N3CCC[C@@H]3C(=O)NCc3ccc(C(F)(F)F)cc3F)C2)C1. The van der Waals surface area contributed by atoms with Gasteiger partial charge in [-0.05, 0) is 43.7 Å². The van der Waals surface area contributed by atoms with Crippen LogP contribution in [0.25, 0.3) is 0 Å². The van der Waals surface area contributed by atoms with Crippen molar-refractivity contribution in [2.45, 2.75) is 63.9 Å². The van der Waals surface area contributed by atoms with Crippen LogP contribution >= 0.6 is 0 Å². The molecule has 0 aliphatic carbocycles. The first-order chi connectivity index (χ1) is 18.1. The predicted octanol–water partition coefficient (Wildman–Crippen LogP) is 2.11. The monoisotopic (exact) mass is 578 g/mol. The molecule has 0 spiro atoms. The van der Waals surface area contributed by atoms with Crippen LogP contribution in [0.5, 0.6) is 0 Å². The van der Waals surface area contributed by atoms with E-state index in [0.29, 0.717) is 38.3 Å². The van der Waals surface area contributed by atoms with Crippen LogP contribution in [0.2, 0.25) is 0 Å². The first kappa shape index (κ1) is 29.7. The minimum absolute atomic E-state index is 0.00396. The summed E-state index contributed by atoms with van der Waals surface area (Å²) in [6.07, 6.45) is -2.84. The van der Waals surface area contributed by atoms with Crippen LogP contribution in [-0.2, 0) is 32.5 Å². The van der Waals surface area contributed by atoms with Gasteiger partial charge in [-0.3, -0.25) is 9.59 Å². The van der Waals surface area contributed by atoms with Crippen LogP contribution < -0.4 is 5.32 Å². The fraction of sp³-hybridized carbons (Fsp3) is 0.680. The van der Waals surface area contributed by atoms with Crippen molar-refractivity contribution in [3.05, 3.63) is 35.1 Å². The molecule has 3 aliphatic rings. The van der Waals surface area contributed by atoms with Gasteiger partial charge in [0.25, 0.3) is 10.2 Å². The Kier molecular flexibility index (Phi) is 8.33. The van der Waals surface area contributed by atoms with Crippen LogP contribution in [0.4, 0.5) is 17.6 Å². The van der Waals surface area contributed by atoms with E-state index >= 15 is 0 Å². The smallest absolute Gasteiger partial charge is 0.387 e. The van der Waals surface area contributed by atoms with Crippen molar-refractivity contribution >= 4 is 22.0 Å². The van der Waals surface area contributed by atoms with Crippen molar-refractivity contribution in [3.63, 3.8) is 0 Å². The number of piperidine rings is 1. The number of halogens is 4. The van der Waals surface area contributed by atoms with Crippen LogP contribution in [0, 0.1) is 17.7 Å². The number of alkyl halides is 3. The standard InChI is InChI=1S/C25H34F4N4O5S/c1-16(2)24(36)14-32(15-24)39(37,38)31-9-3-5-18(13-31)23(35)33-10-4-6-21(33)22(34)30-12-17-7-8-19(11-20(17)26)25(27,28)29/h7-8,11,16,18,21,36H,3-6,9-10,12-15H2,1-2H3,(H,30,34)/t18?,21-/m1/s1. The highest BCUT2D eigenvalue weighted by Crippen LogP contribution is 2.34. The molecule has 3 saturated heterocycles. The molecule has 1 unspecified atom stereocenters. The van der Waals surface area contributed by atoms with Crippen LogP contribution in [0.3, 0.4) is 0 Å². The topological polar surface area (TPSA) is 110 Å². The van der Waals surface area contributed by atoms with Gasteiger partial charge in [-0.1, -0.05) is 19.9 Å². The zero-order valence-corrected chi connectivity index (χ0v) is 22.7. The van der Waals surface area contributed by atoms with Crippen LogP contribution in [-0.4, -0.2) is 83.2 Å². The number of nitrogens with zero attached hydrogens (tertiary/aromatic N) is 3. The van der Waals surface area contributed by atoms with E-state index in [1.54, 1.807) is 0 Å². The molecule has 0 saturated carbocycles. The number of likely N-dealkylation sites (tertiary alicyclic amines) is 1. The second kappa shape index (κ2) is 10.9. The largest absolute Gasteiger partial charge is 0.416 e. The lowest BCUT2D eigenvalue weighted by Crippen LogP contribution is -2.68. The van der Waals surface area contributed by atoms with Gasteiger partial charge in [0.1, 0.15) is 11.9 Å². The van der Waals surface area contributed by atoms with Gasteiger partial charge in [0, 0.05) is 44.8 Å². The maximum atomic E-state index is 14.2. The van der Waals surface area contributed by atoms with Crippen LogP contribution in [0.15, 0.2) is 18.2 Å². The Balaban J connectivity index is 1.36. The zero-order chi connectivity index (χ0) is 28.8. The summed E-state index contributed by atoms with van der Waals surface area (Å²) in [7, 11) is -3.85. The lowest BCUT2D eigenvalue weighted by atomic mass is 9.85. The number of amides is 2. The number of aliphatic hydroxyl groups is 1. The van der Waals surface area contributed by atoms with E-state index in [0.717, 1.165) is 12.1 Å². The van der Waals surface area contributed by atoms with Gasteiger partial charge in [-0.25, -0.2) is 4.39 Å². The lowest BCUT2D eigenvalue weighted by molar-refractivity contribution is -0.142. The first-order valence-electron chi connectivity index (χ1n) is 13.0. The van der Waals surface area contributed by atoms with Gasteiger partial charge in [-0.15, -0.1) is 0 Å². The fourth-order valence-electron chi connectivity index (χ4n) is 5.31. The predicted molar refractivity (Wildman–Crippen MR) is 133 cm³/mol. The van der Waals surface area contributed by atoms with E-state index in [-0.39, 0.29) is 50.1 Å². The Bertz CT molecular complexity index is 1200. The number of β-amino-alcohol motifs (C(OH)–C–C–N with tert-alkyl or cyclic N) is 1. The van der Waals surface area contributed by atoms with Crippen LogP contribution in [0.1, 0.15) is 50.7 Å². The number of carbonyl (C=O) groups excluding carboxylic acids is 2. The highest BCUT2D eigenvalue weighted by atomic mass is 32.2. The van der Waals surface area contributed by atoms with Gasteiger partial charge in [-0.2, -0.15) is 30.2 Å². The van der Waals surface area contributed by atoms with Gasteiger partial charge >= 0.3 is 6.18 Å². The second-order valence-electron chi connectivity index (χ2n) is 10.9. The molecular formula is C25H34F4N4O5S. The van der Waals surface area contributed by atoms with E-state index in [9.17, 15) is 40.7 Å². The normalized spacial score (nSPS) is 24.6. The van der Waals surface area contributed by atoms with Gasteiger partial charge in [0.05, 0.1) is 17.1 Å². The fourth-order valence-corrected chi connectivity index (χ4v) is 7.14. The summed E-state index contributed by atoms with van der Waals surface area (Å²) in [6.45, 7) is 3.83. The third-order valence-corrected chi connectivity index (χ3v) is 9.93. The molecule has 0 radical (unpaired) electrons. The van der Waals surface area contributed by atoms with Crippen molar-refractivity contribution < 1.29 is 40.7 Å². The summed E-state index contributed by atoms with van der Waals surface area (Å²) in [4.78, 5) is 27.7. The molecule has 0 aromatic heterocycles. The minimum atomic E-state index is -4.69. The van der Waals surface area contributed by atoms with Crippen molar-refractivity contribution in [1.82, 2.24) is 18.8 Å². The van der Waals surface area contributed by atoms with Crippen molar-refractivity contribution in [2.75, 3.05) is 32.7 Å². The molecule has 1 aromatic rings. The van der Waals surface area contributed by atoms with E-state index in [1.165, 1.54) is 13.5 Å². The Hall–Kier alpha value is -2.29. The minimum Gasteiger partial charge on any atom is -0.387 e. The number of benzene rings is 1. The van der Waals surface area contributed by atoms with E-state index in [1.807, 2.05) is 13.8 Å².